The Morgan fingerprint density at radius 1 is 1.40 bits per heavy atom. The third-order valence-electron chi connectivity index (χ3n) is 0.645. The lowest BCUT2D eigenvalue weighted by atomic mass is 10.3. The number of alkyl halides is 1. The van der Waals surface area contributed by atoms with E-state index in [9.17, 15) is 4.79 Å². The first-order chi connectivity index (χ1) is 3.56. The summed E-state index contributed by atoms with van der Waals surface area (Å²) in [4.78, 5) is 9.74. The summed E-state index contributed by atoms with van der Waals surface area (Å²) in [6, 6.07) is 0. The minimum absolute atomic E-state index is 0. The summed E-state index contributed by atoms with van der Waals surface area (Å²) in [5.41, 5.74) is 10.7. The largest absolute Gasteiger partial charge is 0.305 e. The molecule has 6 heteroatoms. The lowest BCUT2D eigenvalue weighted by Gasteiger charge is -2.12. The second-order valence-electron chi connectivity index (χ2n) is 1.63. The molecule has 0 aromatic heterocycles. The zero-order chi connectivity index (χ0) is 6.62. The summed E-state index contributed by atoms with van der Waals surface area (Å²) < 4.78 is -0.710. The molecule has 0 saturated heterocycles. The van der Waals surface area contributed by atoms with E-state index in [0.717, 1.165) is 6.29 Å². The van der Waals surface area contributed by atoms with E-state index in [1.807, 2.05) is 22.6 Å². The maximum atomic E-state index is 9.74. The molecule has 0 heterocycles. The molecule has 3 nitrogen and oxygen atoms in total. The van der Waals surface area contributed by atoms with Crippen LogP contribution in [0.25, 0.3) is 0 Å². The molecular formula is C4H11Cl2IN2O. The first-order valence-electron chi connectivity index (χ1n) is 2.26. The topological polar surface area (TPSA) is 69.1 Å². The molecule has 64 valence electrons. The molecule has 0 aliphatic rings. The Labute approximate surface area is 86.2 Å². The van der Waals surface area contributed by atoms with Crippen LogP contribution in [0.4, 0.5) is 0 Å². The molecule has 0 aromatic rings. The summed E-state index contributed by atoms with van der Waals surface area (Å²) in [5, 5.41) is 0. The molecule has 10 heavy (non-hydrogen) atoms. The van der Waals surface area contributed by atoms with Gasteiger partial charge in [0, 0.05) is 6.42 Å². The summed E-state index contributed by atoms with van der Waals surface area (Å²) in [7, 11) is 0. The van der Waals surface area contributed by atoms with E-state index in [4.69, 9.17) is 11.5 Å². The highest BCUT2D eigenvalue weighted by Crippen LogP contribution is 2.08. The van der Waals surface area contributed by atoms with Crippen molar-refractivity contribution >= 4 is 53.7 Å². The van der Waals surface area contributed by atoms with Crippen molar-refractivity contribution in [2.75, 3.05) is 0 Å². The van der Waals surface area contributed by atoms with Gasteiger partial charge in [-0.2, -0.15) is 0 Å². The summed E-state index contributed by atoms with van der Waals surface area (Å²) in [6.45, 7) is 0. The lowest BCUT2D eigenvalue weighted by molar-refractivity contribution is -0.108. The average Bonchev–Trinajstić information content (AvgIpc) is 1.59. The third-order valence-corrected chi connectivity index (χ3v) is 1.18. The molecule has 0 radical (unpaired) electrons. The first kappa shape index (κ1) is 17.1. The highest BCUT2D eigenvalue weighted by Gasteiger charge is 2.10. The van der Waals surface area contributed by atoms with Crippen LogP contribution >= 0.6 is 47.4 Å². The Morgan fingerprint density at radius 2 is 1.80 bits per heavy atom. The van der Waals surface area contributed by atoms with E-state index in [1.165, 1.54) is 0 Å². The fourth-order valence-corrected chi connectivity index (χ4v) is 0.592. The van der Waals surface area contributed by atoms with Gasteiger partial charge in [-0.15, -0.1) is 24.8 Å². The quantitative estimate of drug-likeness (QED) is 0.266. The van der Waals surface area contributed by atoms with Crippen LogP contribution < -0.4 is 11.5 Å². The minimum Gasteiger partial charge on any atom is -0.305 e. The number of halogens is 3. The molecule has 0 unspecified atom stereocenters. The second kappa shape index (κ2) is 8.00. The molecule has 0 aliphatic heterocycles. The van der Waals surface area contributed by atoms with E-state index in [1.54, 1.807) is 0 Å². The van der Waals surface area contributed by atoms with Crippen molar-refractivity contribution in [2.24, 2.45) is 11.5 Å². The lowest BCUT2D eigenvalue weighted by Crippen LogP contribution is -2.42. The fourth-order valence-electron chi connectivity index (χ4n) is 0.280. The van der Waals surface area contributed by atoms with Crippen LogP contribution in [0.5, 0.6) is 0 Å². The molecule has 4 N–H and O–H groups in total. The molecule has 0 fully saturated rings. The number of carbonyl (C=O) groups is 1. The van der Waals surface area contributed by atoms with Crippen molar-refractivity contribution in [3.63, 3.8) is 0 Å². The SMILES string of the molecule is Cl.Cl.NC(N)(I)CCC=O. The van der Waals surface area contributed by atoms with Crippen LogP contribution in [0.3, 0.4) is 0 Å². The second-order valence-corrected chi connectivity index (χ2v) is 3.64. The Bertz CT molecular complexity index is 85.8. The van der Waals surface area contributed by atoms with Crippen molar-refractivity contribution in [3.8, 4) is 0 Å². The molecule has 0 rings (SSSR count). The van der Waals surface area contributed by atoms with E-state index in [-0.39, 0.29) is 24.8 Å². The standard InChI is InChI=1S/C4H9IN2O.2ClH/c5-4(6,7)2-1-3-8;;/h3H,1-2,6-7H2;2*1H. The highest BCUT2D eigenvalue weighted by molar-refractivity contribution is 14.1. The molecule has 0 saturated carbocycles. The summed E-state index contributed by atoms with van der Waals surface area (Å²) in [5.74, 6) is 0. The van der Waals surface area contributed by atoms with Gasteiger partial charge >= 0.3 is 0 Å². The maximum Gasteiger partial charge on any atom is 0.120 e. The maximum absolute atomic E-state index is 9.74. The van der Waals surface area contributed by atoms with Crippen molar-refractivity contribution < 1.29 is 4.79 Å². The number of nitrogens with two attached hydrogens (primary N) is 2. The highest BCUT2D eigenvalue weighted by atomic mass is 127. The fraction of sp³-hybridized carbons (Fsp3) is 0.750. The number of aldehydes is 1. The number of rotatable bonds is 3. The van der Waals surface area contributed by atoms with Crippen LogP contribution in [0.15, 0.2) is 0 Å². The van der Waals surface area contributed by atoms with Gasteiger partial charge in [-0.3, -0.25) is 0 Å². The Morgan fingerprint density at radius 3 is 1.90 bits per heavy atom. The zero-order valence-electron chi connectivity index (χ0n) is 5.25. The monoisotopic (exact) mass is 300 g/mol. The predicted molar refractivity (Wildman–Crippen MR) is 54.9 cm³/mol. The van der Waals surface area contributed by atoms with Crippen molar-refractivity contribution in [1.82, 2.24) is 0 Å². The van der Waals surface area contributed by atoms with Gasteiger partial charge in [0.1, 0.15) is 9.96 Å². The van der Waals surface area contributed by atoms with E-state index in [0.29, 0.717) is 12.8 Å². The van der Waals surface area contributed by atoms with Gasteiger partial charge in [-0.1, -0.05) is 0 Å². The zero-order valence-corrected chi connectivity index (χ0v) is 9.04. The predicted octanol–water partition coefficient (Wildman–Crippen LogP) is 0.815. The van der Waals surface area contributed by atoms with E-state index < -0.39 is 3.67 Å². The Balaban J connectivity index is -0.000000245. The number of carbonyl (C=O) groups excluding carboxylic acids is 1. The van der Waals surface area contributed by atoms with Crippen LogP contribution in [0.2, 0.25) is 0 Å². The van der Waals surface area contributed by atoms with Gasteiger partial charge < -0.3 is 16.3 Å². The van der Waals surface area contributed by atoms with Gasteiger partial charge in [-0.05, 0) is 29.0 Å². The van der Waals surface area contributed by atoms with Gasteiger partial charge in [0.25, 0.3) is 0 Å². The third kappa shape index (κ3) is 16.0. The molecular weight excluding hydrogens is 290 g/mol. The molecule has 0 amide bonds. The van der Waals surface area contributed by atoms with Gasteiger partial charge in [0.2, 0.25) is 0 Å². The molecule has 0 aromatic carbocycles. The first-order valence-corrected chi connectivity index (χ1v) is 3.34. The van der Waals surface area contributed by atoms with Gasteiger partial charge in [-0.25, -0.2) is 0 Å². The van der Waals surface area contributed by atoms with Gasteiger partial charge in [0.05, 0.1) is 0 Å². The van der Waals surface area contributed by atoms with E-state index in [2.05, 4.69) is 0 Å². The molecule has 0 atom stereocenters. The Kier molecular flexibility index (Phi) is 13.7. The van der Waals surface area contributed by atoms with E-state index >= 15 is 0 Å². The van der Waals surface area contributed by atoms with Crippen LogP contribution in [0.1, 0.15) is 12.8 Å². The van der Waals surface area contributed by atoms with Crippen molar-refractivity contribution in [1.29, 1.82) is 0 Å². The average molecular weight is 301 g/mol. The minimum atomic E-state index is -0.710. The Hall–Kier alpha value is 0.900. The molecule has 0 spiro atoms. The van der Waals surface area contributed by atoms with Crippen LogP contribution in [-0.4, -0.2) is 9.96 Å². The number of hydrogen-bond donors (Lipinski definition) is 2. The van der Waals surface area contributed by atoms with Crippen molar-refractivity contribution in [3.05, 3.63) is 0 Å². The van der Waals surface area contributed by atoms with Gasteiger partial charge in [0.15, 0.2) is 0 Å². The smallest absolute Gasteiger partial charge is 0.120 e. The molecule has 0 bridgehead atoms. The summed E-state index contributed by atoms with van der Waals surface area (Å²) in [6.07, 6.45) is 1.79. The van der Waals surface area contributed by atoms with Crippen LogP contribution in [0, 0.1) is 0 Å². The van der Waals surface area contributed by atoms with Crippen LogP contribution in [-0.2, 0) is 4.79 Å². The molecule has 0 aliphatic carbocycles. The number of hydrogen-bond acceptors (Lipinski definition) is 3. The summed E-state index contributed by atoms with van der Waals surface area (Å²) >= 11 is 1.90. The van der Waals surface area contributed by atoms with Crippen molar-refractivity contribution in [2.45, 2.75) is 16.5 Å². The normalized spacial score (nSPS) is 9.10.